The first-order chi connectivity index (χ1) is 9.28. The summed E-state index contributed by atoms with van der Waals surface area (Å²) in [6, 6.07) is 4.70. The van der Waals surface area contributed by atoms with E-state index in [9.17, 15) is 0 Å². The SMILES string of the molecule is CCCCN(Cc1ccnc(Cl)c1)CC1CCCN1. The average molecular weight is 282 g/mol. The van der Waals surface area contributed by atoms with Crippen molar-refractivity contribution in [2.45, 2.75) is 45.2 Å². The molecule has 106 valence electrons. The van der Waals surface area contributed by atoms with Crippen molar-refractivity contribution in [2.75, 3.05) is 19.6 Å². The van der Waals surface area contributed by atoms with Gasteiger partial charge in [-0.25, -0.2) is 4.98 Å². The molecule has 1 aromatic rings. The van der Waals surface area contributed by atoms with E-state index >= 15 is 0 Å². The van der Waals surface area contributed by atoms with Crippen LogP contribution >= 0.6 is 11.6 Å². The number of nitrogens with zero attached hydrogens (tertiary/aromatic N) is 2. The van der Waals surface area contributed by atoms with E-state index in [-0.39, 0.29) is 0 Å². The van der Waals surface area contributed by atoms with Crippen LogP contribution in [0.15, 0.2) is 18.3 Å². The highest BCUT2D eigenvalue weighted by Gasteiger charge is 2.17. The van der Waals surface area contributed by atoms with Crippen molar-refractivity contribution in [1.29, 1.82) is 0 Å². The maximum absolute atomic E-state index is 5.96. The molecule has 2 heterocycles. The predicted molar refractivity (Wildman–Crippen MR) is 80.5 cm³/mol. The molecule has 2 rings (SSSR count). The minimum Gasteiger partial charge on any atom is -0.313 e. The van der Waals surface area contributed by atoms with Crippen LogP contribution in [0.5, 0.6) is 0 Å². The lowest BCUT2D eigenvalue weighted by atomic mass is 10.1. The zero-order valence-corrected chi connectivity index (χ0v) is 12.5. The molecule has 3 nitrogen and oxygen atoms in total. The van der Waals surface area contributed by atoms with Crippen molar-refractivity contribution in [3.63, 3.8) is 0 Å². The Balaban J connectivity index is 1.92. The molecule has 1 unspecified atom stereocenters. The standard InChI is InChI=1S/C15H24ClN3/c1-2-3-9-19(12-14-5-4-7-17-14)11-13-6-8-18-15(16)10-13/h6,8,10,14,17H,2-5,7,9,11-12H2,1H3. The minimum absolute atomic E-state index is 0.590. The first kappa shape index (κ1) is 14.8. The Kier molecular flexibility index (Phi) is 6.08. The molecule has 1 aliphatic rings. The third-order valence-electron chi connectivity index (χ3n) is 3.67. The Morgan fingerprint density at radius 2 is 2.42 bits per heavy atom. The van der Waals surface area contributed by atoms with E-state index in [4.69, 9.17) is 11.6 Å². The largest absolute Gasteiger partial charge is 0.313 e. The molecule has 1 N–H and O–H groups in total. The molecular formula is C15H24ClN3. The molecule has 1 aliphatic heterocycles. The lowest BCUT2D eigenvalue weighted by molar-refractivity contribution is 0.237. The second kappa shape index (κ2) is 7.83. The van der Waals surface area contributed by atoms with Gasteiger partial charge in [-0.05, 0) is 50.0 Å². The minimum atomic E-state index is 0.590. The first-order valence-corrected chi connectivity index (χ1v) is 7.72. The molecule has 0 amide bonds. The van der Waals surface area contributed by atoms with Crippen molar-refractivity contribution in [1.82, 2.24) is 15.2 Å². The van der Waals surface area contributed by atoms with Gasteiger partial charge in [-0.15, -0.1) is 0 Å². The van der Waals surface area contributed by atoms with Crippen LogP contribution in [0, 0.1) is 0 Å². The van der Waals surface area contributed by atoms with E-state index in [0.29, 0.717) is 11.2 Å². The Morgan fingerprint density at radius 1 is 1.53 bits per heavy atom. The third kappa shape index (κ3) is 5.09. The molecule has 1 aromatic heterocycles. The average Bonchev–Trinajstić information content (AvgIpc) is 2.89. The van der Waals surface area contributed by atoms with E-state index in [2.05, 4.69) is 28.2 Å². The molecule has 0 radical (unpaired) electrons. The van der Waals surface area contributed by atoms with Gasteiger partial charge in [0.2, 0.25) is 0 Å². The van der Waals surface area contributed by atoms with Gasteiger partial charge in [-0.2, -0.15) is 0 Å². The molecule has 19 heavy (non-hydrogen) atoms. The summed E-state index contributed by atoms with van der Waals surface area (Å²) in [7, 11) is 0. The molecule has 0 aromatic carbocycles. The summed E-state index contributed by atoms with van der Waals surface area (Å²) in [5.74, 6) is 0. The fourth-order valence-electron chi connectivity index (χ4n) is 2.64. The number of aromatic nitrogens is 1. The molecule has 1 atom stereocenters. The van der Waals surface area contributed by atoms with Crippen LogP contribution in [0.25, 0.3) is 0 Å². The number of halogens is 1. The molecule has 0 saturated carbocycles. The van der Waals surface area contributed by atoms with Gasteiger partial charge in [-0.1, -0.05) is 24.9 Å². The Hall–Kier alpha value is -0.640. The van der Waals surface area contributed by atoms with E-state index < -0.39 is 0 Å². The van der Waals surface area contributed by atoms with Gasteiger partial charge in [0.15, 0.2) is 0 Å². The molecule has 1 fully saturated rings. The Labute approximate surface area is 121 Å². The van der Waals surface area contributed by atoms with Crippen LogP contribution in [-0.4, -0.2) is 35.6 Å². The van der Waals surface area contributed by atoms with Gasteiger partial charge in [0, 0.05) is 25.3 Å². The second-order valence-corrected chi connectivity index (χ2v) is 5.76. The topological polar surface area (TPSA) is 28.2 Å². The fourth-order valence-corrected chi connectivity index (χ4v) is 2.84. The molecule has 0 spiro atoms. The van der Waals surface area contributed by atoms with Crippen molar-refractivity contribution >= 4 is 11.6 Å². The van der Waals surface area contributed by atoms with Crippen LogP contribution in [0.2, 0.25) is 5.15 Å². The summed E-state index contributed by atoms with van der Waals surface area (Å²) < 4.78 is 0. The number of hydrogen-bond donors (Lipinski definition) is 1. The van der Waals surface area contributed by atoms with Crippen LogP contribution < -0.4 is 5.32 Å². The van der Waals surface area contributed by atoms with Gasteiger partial charge < -0.3 is 5.32 Å². The van der Waals surface area contributed by atoms with Crippen molar-refractivity contribution < 1.29 is 0 Å². The summed E-state index contributed by atoms with van der Waals surface area (Å²) in [6.07, 6.45) is 6.91. The number of pyridine rings is 1. The summed E-state index contributed by atoms with van der Waals surface area (Å²) >= 11 is 5.96. The van der Waals surface area contributed by atoms with Gasteiger partial charge in [-0.3, -0.25) is 4.90 Å². The summed E-state index contributed by atoms with van der Waals surface area (Å²) in [5, 5.41) is 4.17. The van der Waals surface area contributed by atoms with E-state index in [1.54, 1.807) is 6.20 Å². The number of nitrogens with one attached hydrogen (secondary N) is 1. The second-order valence-electron chi connectivity index (χ2n) is 5.37. The smallest absolute Gasteiger partial charge is 0.129 e. The van der Waals surface area contributed by atoms with Crippen molar-refractivity contribution in [3.8, 4) is 0 Å². The first-order valence-electron chi connectivity index (χ1n) is 7.34. The number of hydrogen-bond acceptors (Lipinski definition) is 3. The quantitative estimate of drug-likeness (QED) is 0.779. The Bertz CT molecular complexity index is 377. The lowest BCUT2D eigenvalue weighted by Crippen LogP contribution is -2.37. The maximum Gasteiger partial charge on any atom is 0.129 e. The highest BCUT2D eigenvalue weighted by molar-refractivity contribution is 6.29. The normalized spacial score (nSPS) is 19.2. The molecular weight excluding hydrogens is 258 g/mol. The highest BCUT2D eigenvalue weighted by atomic mass is 35.5. The summed E-state index contributed by atoms with van der Waals surface area (Å²) in [4.78, 5) is 6.59. The Morgan fingerprint density at radius 3 is 3.11 bits per heavy atom. The third-order valence-corrected chi connectivity index (χ3v) is 3.87. The monoisotopic (exact) mass is 281 g/mol. The highest BCUT2D eigenvalue weighted by Crippen LogP contribution is 2.13. The van der Waals surface area contributed by atoms with Crippen LogP contribution in [0.4, 0.5) is 0 Å². The predicted octanol–water partition coefficient (Wildman–Crippen LogP) is 3.09. The van der Waals surface area contributed by atoms with Gasteiger partial charge in [0.1, 0.15) is 5.15 Å². The van der Waals surface area contributed by atoms with Crippen LogP contribution in [-0.2, 0) is 6.54 Å². The maximum atomic E-state index is 5.96. The lowest BCUT2D eigenvalue weighted by Gasteiger charge is -2.25. The zero-order chi connectivity index (χ0) is 13.5. The molecule has 0 bridgehead atoms. The number of unbranched alkanes of at least 4 members (excludes halogenated alkanes) is 1. The van der Waals surface area contributed by atoms with E-state index in [1.165, 1.54) is 37.8 Å². The number of rotatable bonds is 7. The van der Waals surface area contributed by atoms with E-state index in [1.807, 2.05) is 6.07 Å². The summed E-state index contributed by atoms with van der Waals surface area (Å²) in [5.41, 5.74) is 1.26. The molecule has 1 saturated heterocycles. The summed E-state index contributed by atoms with van der Waals surface area (Å²) in [6.45, 7) is 6.69. The van der Waals surface area contributed by atoms with Gasteiger partial charge in [0.25, 0.3) is 0 Å². The molecule has 0 aliphatic carbocycles. The zero-order valence-electron chi connectivity index (χ0n) is 11.7. The van der Waals surface area contributed by atoms with Crippen molar-refractivity contribution in [3.05, 3.63) is 29.0 Å². The van der Waals surface area contributed by atoms with E-state index in [0.717, 1.165) is 19.6 Å². The molecule has 4 heteroatoms. The van der Waals surface area contributed by atoms with Crippen molar-refractivity contribution in [2.24, 2.45) is 0 Å². The van der Waals surface area contributed by atoms with Gasteiger partial charge >= 0.3 is 0 Å². The fraction of sp³-hybridized carbons (Fsp3) is 0.667. The van der Waals surface area contributed by atoms with Gasteiger partial charge in [0.05, 0.1) is 0 Å². The van der Waals surface area contributed by atoms with Crippen LogP contribution in [0.1, 0.15) is 38.2 Å². The van der Waals surface area contributed by atoms with Crippen LogP contribution in [0.3, 0.4) is 0 Å².